The second-order valence-corrected chi connectivity index (χ2v) is 6.08. The third-order valence-corrected chi connectivity index (χ3v) is 4.14. The van der Waals surface area contributed by atoms with Gasteiger partial charge in [-0.25, -0.2) is 4.39 Å². The van der Waals surface area contributed by atoms with E-state index < -0.39 is 23.7 Å². The third-order valence-electron chi connectivity index (χ3n) is 4.14. The average Bonchev–Trinajstić information content (AvgIpc) is 3.03. The number of benzene rings is 2. The number of ether oxygens (including phenoxy) is 2. The highest BCUT2D eigenvalue weighted by molar-refractivity contribution is 6.00. The van der Waals surface area contributed by atoms with Crippen molar-refractivity contribution >= 4 is 22.8 Å². The lowest BCUT2D eigenvalue weighted by molar-refractivity contribution is -0.128. The smallest absolute Gasteiger partial charge is 0.305 e. The Morgan fingerprint density at radius 1 is 1.07 bits per heavy atom. The van der Waals surface area contributed by atoms with Crippen LogP contribution in [0.2, 0.25) is 0 Å². The van der Waals surface area contributed by atoms with E-state index in [9.17, 15) is 14.0 Å². The summed E-state index contributed by atoms with van der Waals surface area (Å²) in [5.41, 5.74) is 5.74. The summed E-state index contributed by atoms with van der Waals surface area (Å²) in [7, 11) is 1.55. The highest BCUT2D eigenvalue weighted by Gasteiger charge is 2.20. The van der Waals surface area contributed by atoms with E-state index in [1.807, 2.05) is 0 Å². The molecule has 28 heavy (non-hydrogen) atoms. The fourth-order valence-electron chi connectivity index (χ4n) is 2.59. The quantitative estimate of drug-likeness (QED) is 0.658. The molecule has 0 bridgehead atoms. The van der Waals surface area contributed by atoms with Crippen molar-refractivity contribution < 1.29 is 27.9 Å². The topological polar surface area (TPSA) is 89.8 Å². The largest absolute Gasteiger partial charge is 0.497 e. The summed E-state index contributed by atoms with van der Waals surface area (Å²) >= 11 is 0. The number of hydrogen-bond donors (Lipinski definition) is 2. The molecule has 1 unspecified atom stereocenters. The lowest BCUT2D eigenvalue weighted by Gasteiger charge is -2.14. The molecule has 0 radical (unpaired) electrons. The van der Waals surface area contributed by atoms with Crippen molar-refractivity contribution in [3.63, 3.8) is 0 Å². The molecular weight excluding hydrogens is 367 g/mol. The van der Waals surface area contributed by atoms with Gasteiger partial charge in [-0.2, -0.15) is 0 Å². The second-order valence-electron chi connectivity index (χ2n) is 6.08. The minimum atomic E-state index is -0.910. The standard InChI is InChI=1S/C20H19FN2O5/c1-11-16-10-15(26-3)8-9-17(16)28-18(11)20(25)23-22-19(24)12(2)27-14-6-4-13(21)5-7-14/h4-10,12H,1-3H3,(H,22,24)(H,23,25). The molecule has 3 rings (SSSR count). The molecule has 2 N–H and O–H groups in total. The van der Waals surface area contributed by atoms with Crippen LogP contribution in [0.3, 0.4) is 0 Å². The molecular formula is C20H19FN2O5. The van der Waals surface area contributed by atoms with E-state index in [2.05, 4.69) is 10.9 Å². The van der Waals surface area contributed by atoms with Crippen molar-refractivity contribution in [3.8, 4) is 11.5 Å². The van der Waals surface area contributed by atoms with Crippen LogP contribution in [-0.4, -0.2) is 25.0 Å². The minimum Gasteiger partial charge on any atom is -0.497 e. The van der Waals surface area contributed by atoms with Crippen LogP contribution in [0.25, 0.3) is 11.0 Å². The highest BCUT2D eigenvalue weighted by Crippen LogP contribution is 2.28. The van der Waals surface area contributed by atoms with Gasteiger partial charge in [-0.3, -0.25) is 20.4 Å². The molecule has 0 spiro atoms. The Balaban J connectivity index is 1.63. The van der Waals surface area contributed by atoms with Gasteiger partial charge in [0.25, 0.3) is 5.91 Å². The van der Waals surface area contributed by atoms with Crippen LogP contribution in [-0.2, 0) is 4.79 Å². The molecule has 0 saturated carbocycles. The van der Waals surface area contributed by atoms with Crippen molar-refractivity contribution in [3.05, 3.63) is 59.6 Å². The van der Waals surface area contributed by atoms with Gasteiger partial charge < -0.3 is 13.9 Å². The molecule has 2 amide bonds. The molecule has 0 aliphatic heterocycles. The molecule has 7 nitrogen and oxygen atoms in total. The molecule has 0 aliphatic rings. The van der Waals surface area contributed by atoms with Crippen molar-refractivity contribution in [2.45, 2.75) is 20.0 Å². The van der Waals surface area contributed by atoms with E-state index in [1.54, 1.807) is 32.2 Å². The number of amides is 2. The molecule has 0 fully saturated rings. The zero-order valence-electron chi connectivity index (χ0n) is 15.5. The van der Waals surface area contributed by atoms with Crippen molar-refractivity contribution in [1.82, 2.24) is 10.9 Å². The van der Waals surface area contributed by atoms with Gasteiger partial charge >= 0.3 is 5.91 Å². The van der Waals surface area contributed by atoms with Crippen LogP contribution in [0.5, 0.6) is 11.5 Å². The van der Waals surface area contributed by atoms with Gasteiger partial charge in [0.05, 0.1) is 7.11 Å². The maximum atomic E-state index is 12.9. The first-order valence-corrected chi connectivity index (χ1v) is 8.48. The number of hydrazine groups is 1. The van der Waals surface area contributed by atoms with Crippen LogP contribution in [0.1, 0.15) is 23.0 Å². The third kappa shape index (κ3) is 4.06. The number of carbonyl (C=O) groups excluding carboxylic acids is 2. The number of methoxy groups -OCH3 is 1. The van der Waals surface area contributed by atoms with Gasteiger partial charge in [0.15, 0.2) is 11.9 Å². The van der Waals surface area contributed by atoms with Crippen LogP contribution >= 0.6 is 0 Å². The van der Waals surface area contributed by atoms with E-state index in [4.69, 9.17) is 13.9 Å². The molecule has 2 aromatic carbocycles. The summed E-state index contributed by atoms with van der Waals surface area (Å²) in [6.07, 6.45) is -0.910. The number of hydrogen-bond acceptors (Lipinski definition) is 5. The van der Waals surface area contributed by atoms with Gasteiger partial charge in [0, 0.05) is 10.9 Å². The van der Waals surface area contributed by atoms with E-state index in [1.165, 1.54) is 31.2 Å². The fraction of sp³-hybridized carbons (Fsp3) is 0.200. The molecule has 1 aromatic heterocycles. The SMILES string of the molecule is COc1ccc2oc(C(=O)NNC(=O)C(C)Oc3ccc(F)cc3)c(C)c2c1. The Morgan fingerprint density at radius 2 is 1.75 bits per heavy atom. The summed E-state index contributed by atoms with van der Waals surface area (Å²) in [6.45, 7) is 3.24. The van der Waals surface area contributed by atoms with Crippen molar-refractivity contribution in [1.29, 1.82) is 0 Å². The monoisotopic (exact) mass is 386 g/mol. The van der Waals surface area contributed by atoms with E-state index in [0.717, 1.165) is 5.39 Å². The lowest BCUT2D eigenvalue weighted by Crippen LogP contribution is -2.47. The average molecular weight is 386 g/mol. The number of furan rings is 1. The van der Waals surface area contributed by atoms with Gasteiger partial charge in [-0.15, -0.1) is 0 Å². The number of carbonyl (C=O) groups is 2. The van der Waals surface area contributed by atoms with Crippen molar-refractivity contribution in [2.24, 2.45) is 0 Å². The Bertz CT molecular complexity index is 1010. The highest BCUT2D eigenvalue weighted by atomic mass is 19.1. The summed E-state index contributed by atoms with van der Waals surface area (Å²) in [5.74, 6) is -0.532. The predicted octanol–water partition coefficient (Wildman–Crippen LogP) is 3.12. The zero-order chi connectivity index (χ0) is 20.3. The Kier molecular flexibility index (Phi) is 5.49. The molecule has 146 valence electrons. The van der Waals surface area contributed by atoms with Gasteiger partial charge in [0.1, 0.15) is 22.9 Å². The van der Waals surface area contributed by atoms with E-state index >= 15 is 0 Å². The van der Waals surface area contributed by atoms with Crippen LogP contribution < -0.4 is 20.3 Å². The number of nitrogens with one attached hydrogen (secondary N) is 2. The number of fused-ring (bicyclic) bond motifs is 1. The van der Waals surface area contributed by atoms with Gasteiger partial charge in [0.2, 0.25) is 0 Å². The fourth-order valence-corrected chi connectivity index (χ4v) is 2.59. The first-order valence-electron chi connectivity index (χ1n) is 8.48. The van der Waals surface area contributed by atoms with E-state index in [0.29, 0.717) is 22.6 Å². The normalized spacial score (nSPS) is 11.7. The molecule has 3 aromatic rings. The molecule has 0 aliphatic carbocycles. The van der Waals surface area contributed by atoms with E-state index in [-0.39, 0.29) is 5.76 Å². The number of rotatable bonds is 5. The van der Waals surface area contributed by atoms with Crippen LogP contribution in [0, 0.1) is 12.7 Å². The summed E-state index contributed by atoms with van der Waals surface area (Å²) < 4.78 is 29.1. The van der Waals surface area contributed by atoms with Gasteiger partial charge in [-0.05, 0) is 56.3 Å². The molecule has 0 saturated heterocycles. The maximum Gasteiger partial charge on any atom is 0.305 e. The maximum absolute atomic E-state index is 12.9. The zero-order valence-corrected chi connectivity index (χ0v) is 15.5. The Hall–Kier alpha value is -3.55. The molecule has 1 atom stereocenters. The molecule has 1 heterocycles. The minimum absolute atomic E-state index is 0.0793. The molecule has 8 heteroatoms. The second kappa shape index (κ2) is 7.99. The van der Waals surface area contributed by atoms with Crippen LogP contribution in [0.4, 0.5) is 4.39 Å². The summed E-state index contributed by atoms with van der Waals surface area (Å²) in [6, 6.07) is 10.5. The first-order chi connectivity index (χ1) is 13.4. The first kappa shape index (κ1) is 19.2. The predicted molar refractivity (Wildman–Crippen MR) is 99.6 cm³/mol. The summed E-state index contributed by atoms with van der Waals surface area (Å²) in [5, 5.41) is 0.740. The Labute approximate surface area is 160 Å². The number of aryl methyl sites for hydroxylation is 1. The lowest BCUT2D eigenvalue weighted by atomic mass is 10.1. The van der Waals surface area contributed by atoms with Crippen LogP contribution in [0.15, 0.2) is 46.9 Å². The Morgan fingerprint density at radius 3 is 2.43 bits per heavy atom. The number of halogens is 1. The van der Waals surface area contributed by atoms with Gasteiger partial charge in [-0.1, -0.05) is 0 Å². The summed E-state index contributed by atoms with van der Waals surface area (Å²) in [4.78, 5) is 24.5. The van der Waals surface area contributed by atoms with Crippen molar-refractivity contribution in [2.75, 3.05) is 7.11 Å².